The summed E-state index contributed by atoms with van der Waals surface area (Å²) in [4.78, 5) is 25.3. The highest BCUT2D eigenvalue weighted by Gasteiger charge is 2.08. The number of amides is 2. The lowest BCUT2D eigenvalue weighted by Gasteiger charge is -2.17. The van der Waals surface area contributed by atoms with Crippen molar-refractivity contribution in [3.05, 3.63) is 0 Å². The molecule has 0 aromatic rings. The summed E-state index contributed by atoms with van der Waals surface area (Å²) < 4.78 is 0. The zero-order valence-corrected chi connectivity index (χ0v) is 15.0. The number of hydrogen-bond donors (Lipinski definition) is 1. The molecule has 0 aromatic carbocycles. The normalized spacial score (nSPS) is 10.5. The highest BCUT2D eigenvalue weighted by molar-refractivity contribution is 5.76. The highest BCUT2D eigenvalue weighted by atomic mass is 16.2. The van der Waals surface area contributed by atoms with Crippen molar-refractivity contribution in [1.29, 1.82) is 0 Å². The third-order valence-electron chi connectivity index (χ3n) is 3.92. The van der Waals surface area contributed by atoms with E-state index in [0.717, 1.165) is 38.6 Å². The van der Waals surface area contributed by atoms with Crippen LogP contribution in [0.25, 0.3) is 0 Å². The maximum Gasteiger partial charge on any atom is 0.222 e. The second-order valence-electron chi connectivity index (χ2n) is 6.14. The van der Waals surface area contributed by atoms with E-state index < -0.39 is 0 Å². The molecule has 0 radical (unpaired) electrons. The monoisotopic (exact) mass is 312 g/mol. The van der Waals surface area contributed by atoms with Crippen LogP contribution in [-0.2, 0) is 9.59 Å². The molecule has 0 aliphatic heterocycles. The molecule has 0 rings (SSSR count). The Morgan fingerprint density at radius 3 is 2.00 bits per heavy atom. The van der Waals surface area contributed by atoms with Gasteiger partial charge in [-0.15, -0.1) is 0 Å². The Morgan fingerprint density at radius 1 is 0.818 bits per heavy atom. The van der Waals surface area contributed by atoms with Crippen molar-refractivity contribution < 1.29 is 9.59 Å². The minimum Gasteiger partial charge on any atom is -0.356 e. The van der Waals surface area contributed by atoms with Crippen LogP contribution >= 0.6 is 0 Å². The molecule has 0 aliphatic carbocycles. The maximum absolute atomic E-state index is 11.9. The van der Waals surface area contributed by atoms with Crippen molar-refractivity contribution in [3.63, 3.8) is 0 Å². The van der Waals surface area contributed by atoms with Crippen LogP contribution in [0.4, 0.5) is 0 Å². The van der Waals surface area contributed by atoms with Crippen LogP contribution in [0.15, 0.2) is 0 Å². The minimum absolute atomic E-state index is 0.143. The molecular weight excluding hydrogens is 276 g/mol. The third kappa shape index (κ3) is 12.7. The first-order chi connectivity index (χ1) is 10.6. The average Bonchev–Trinajstić information content (AvgIpc) is 2.52. The molecule has 0 unspecified atom stereocenters. The number of carbonyl (C=O) groups excluding carboxylic acids is 2. The van der Waals surface area contributed by atoms with Gasteiger partial charge in [0, 0.05) is 33.0 Å². The lowest BCUT2D eigenvalue weighted by Crippen LogP contribution is -2.31. The SMILES string of the molecule is CCCCCCC(=O)NCCCN(C)C(=O)CCCCCC. The van der Waals surface area contributed by atoms with Gasteiger partial charge in [-0.25, -0.2) is 0 Å². The molecule has 1 N–H and O–H groups in total. The van der Waals surface area contributed by atoms with Gasteiger partial charge in [0.15, 0.2) is 0 Å². The smallest absolute Gasteiger partial charge is 0.222 e. The van der Waals surface area contributed by atoms with Crippen LogP contribution in [0.2, 0.25) is 0 Å². The lowest BCUT2D eigenvalue weighted by atomic mass is 10.1. The Labute approximate surface area is 137 Å². The van der Waals surface area contributed by atoms with E-state index in [2.05, 4.69) is 19.2 Å². The number of unbranched alkanes of at least 4 members (excludes halogenated alkanes) is 6. The molecule has 0 bridgehead atoms. The Balaban J connectivity index is 3.52. The molecule has 4 heteroatoms. The van der Waals surface area contributed by atoms with Crippen molar-refractivity contribution in [2.75, 3.05) is 20.1 Å². The van der Waals surface area contributed by atoms with Gasteiger partial charge in [-0.05, 0) is 19.3 Å². The van der Waals surface area contributed by atoms with Gasteiger partial charge in [0.2, 0.25) is 11.8 Å². The number of carbonyl (C=O) groups is 2. The Kier molecular flexibility index (Phi) is 14.1. The summed E-state index contributed by atoms with van der Waals surface area (Å²) in [5.41, 5.74) is 0. The molecule has 0 fully saturated rings. The molecule has 0 heterocycles. The van der Waals surface area contributed by atoms with Gasteiger partial charge in [0.25, 0.3) is 0 Å². The van der Waals surface area contributed by atoms with E-state index in [1.54, 1.807) is 4.90 Å². The van der Waals surface area contributed by atoms with Crippen LogP contribution in [0.1, 0.15) is 84.5 Å². The minimum atomic E-state index is 0.143. The van der Waals surface area contributed by atoms with Crippen molar-refractivity contribution in [1.82, 2.24) is 10.2 Å². The number of hydrogen-bond acceptors (Lipinski definition) is 2. The second-order valence-corrected chi connectivity index (χ2v) is 6.14. The molecule has 22 heavy (non-hydrogen) atoms. The van der Waals surface area contributed by atoms with E-state index in [1.165, 1.54) is 25.7 Å². The number of nitrogens with zero attached hydrogens (tertiary/aromatic N) is 1. The predicted octanol–water partition coefficient (Wildman–Crippen LogP) is 3.89. The Hall–Kier alpha value is -1.06. The van der Waals surface area contributed by atoms with E-state index in [1.807, 2.05) is 7.05 Å². The van der Waals surface area contributed by atoms with Gasteiger partial charge < -0.3 is 10.2 Å². The fraction of sp³-hybridized carbons (Fsp3) is 0.889. The molecule has 130 valence electrons. The van der Waals surface area contributed by atoms with Crippen molar-refractivity contribution in [3.8, 4) is 0 Å². The van der Waals surface area contributed by atoms with Crippen LogP contribution in [0, 0.1) is 0 Å². The molecule has 0 atom stereocenters. The van der Waals surface area contributed by atoms with E-state index in [0.29, 0.717) is 19.4 Å². The van der Waals surface area contributed by atoms with Crippen LogP contribution in [-0.4, -0.2) is 36.9 Å². The van der Waals surface area contributed by atoms with Crippen LogP contribution in [0.3, 0.4) is 0 Å². The standard InChI is InChI=1S/C18H36N2O2/c1-4-6-8-10-13-17(21)19-15-12-16-20(3)18(22)14-11-9-7-5-2/h4-16H2,1-3H3,(H,19,21). The zero-order chi connectivity index (χ0) is 16.6. The molecule has 0 aromatic heterocycles. The largest absolute Gasteiger partial charge is 0.356 e. The summed E-state index contributed by atoms with van der Waals surface area (Å²) in [6, 6.07) is 0. The Morgan fingerprint density at radius 2 is 1.41 bits per heavy atom. The second kappa shape index (κ2) is 14.9. The summed E-state index contributed by atoms with van der Waals surface area (Å²) >= 11 is 0. The maximum atomic E-state index is 11.9. The predicted molar refractivity (Wildman–Crippen MR) is 92.8 cm³/mol. The van der Waals surface area contributed by atoms with Gasteiger partial charge in [-0.1, -0.05) is 52.4 Å². The molecule has 0 saturated carbocycles. The number of rotatable bonds is 14. The van der Waals surface area contributed by atoms with Gasteiger partial charge >= 0.3 is 0 Å². The molecule has 0 saturated heterocycles. The lowest BCUT2D eigenvalue weighted by molar-refractivity contribution is -0.130. The first kappa shape index (κ1) is 20.9. The summed E-state index contributed by atoms with van der Waals surface area (Å²) in [7, 11) is 1.86. The summed E-state index contributed by atoms with van der Waals surface area (Å²) in [5, 5.41) is 2.94. The topological polar surface area (TPSA) is 49.4 Å². The first-order valence-electron chi connectivity index (χ1n) is 9.12. The molecule has 0 aliphatic rings. The number of nitrogens with one attached hydrogen (secondary N) is 1. The summed E-state index contributed by atoms with van der Waals surface area (Å²) in [6.07, 6.45) is 11.2. The zero-order valence-electron chi connectivity index (χ0n) is 15.0. The first-order valence-corrected chi connectivity index (χ1v) is 9.12. The fourth-order valence-electron chi connectivity index (χ4n) is 2.36. The van der Waals surface area contributed by atoms with Crippen molar-refractivity contribution >= 4 is 11.8 Å². The summed E-state index contributed by atoms with van der Waals surface area (Å²) in [5.74, 6) is 0.367. The van der Waals surface area contributed by atoms with Crippen LogP contribution in [0.5, 0.6) is 0 Å². The van der Waals surface area contributed by atoms with Gasteiger partial charge in [-0.2, -0.15) is 0 Å². The van der Waals surface area contributed by atoms with E-state index in [4.69, 9.17) is 0 Å². The van der Waals surface area contributed by atoms with Gasteiger partial charge in [-0.3, -0.25) is 9.59 Å². The average molecular weight is 312 g/mol. The molecule has 0 spiro atoms. The van der Waals surface area contributed by atoms with E-state index in [-0.39, 0.29) is 11.8 Å². The van der Waals surface area contributed by atoms with Gasteiger partial charge in [0.1, 0.15) is 0 Å². The third-order valence-corrected chi connectivity index (χ3v) is 3.92. The molecule has 4 nitrogen and oxygen atoms in total. The van der Waals surface area contributed by atoms with Crippen LogP contribution < -0.4 is 5.32 Å². The van der Waals surface area contributed by atoms with E-state index in [9.17, 15) is 9.59 Å². The van der Waals surface area contributed by atoms with Crippen molar-refractivity contribution in [2.24, 2.45) is 0 Å². The van der Waals surface area contributed by atoms with E-state index >= 15 is 0 Å². The Bertz CT molecular complexity index is 293. The molecular formula is C18H36N2O2. The fourth-order valence-corrected chi connectivity index (χ4v) is 2.36. The summed E-state index contributed by atoms with van der Waals surface area (Å²) in [6.45, 7) is 5.73. The van der Waals surface area contributed by atoms with Gasteiger partial charge in [0.05, 0.1) is 0 Å². The quantitative estimate of drug-likeness (QED) is 0.495. The molecule has 2 amide bonds. The highest BCUT2D eigenvalue weighted by Crippen LogP contribution is 2.05. The van der Waals surface area contributed by atoms with Crippen molar-refractivity contribution in [2.45, 2.75) is 84.5 Å².